The molecule has 9 nitrogen and oxygen atoms in total. The summed E-state index contributed by atoms with van der Waals surface area (Å²) in [6.45, 7) is -0.157. The molecule has 2 aromatic heterocycles. The van der Waals surface area contributed by atoms with E-state index in [1.807, 2.05) is 0 Å². The quantitative estimate of drug-likeness (QED) is 0.661. The molecule has 0 fully saturated rings. The number of nitrogens with one attached hydrogen (secondary N) is 1. The predicted octanol–water partition coefficient (Wildman–Crippen LogP) is 1.63. The molecule has 1 N–H and O–H groups in total. The predicted molar refractivity (Wildman–Crippen MR) is 91.1 cm³/mol. The lowest BCUT2D eigenvalue weighted by molar-refractivity contribution is 0.385. The van der Waals surface area contributed by atoms with Crippen molar-refractivity contribution in [3.8, 4) is 23.0 Å². The Hall–Kier alpha value is -2.98. The summed E-state index contributed by atoms with van der Waals surface area (Å²) >= 11 is 0. The van der Waals surface area contributed by atoms with Gasteiger partial charge in [-0.25, -0.2) is 13.1 Å². The molecule has 0 radical (unpaired) electrons. The van der Waals surface area contributed by atoms with Gasteiger partial charge in [0.05, 0.1) is 20.8 Å². The van der Waals surface area contributed by atoms with E-state index < -0.39 is 10.0 Å². The summed E-state index contributed by atoms with van der Waals surface area (Å²) in [5.41, 5.74) is 0.693. The smallest absolute Gasteiger partial charge is 0.247 e. The number of rotatable bonds is 7. The average molecular weight is 376 g/mol. The van der Waals surface area contributed by atoms with E-state index in [9.17, 15) is 8.42 Å². The van der Waals surface area contributed by atoms with Crippen LogP contribution in [0.5, 0.6) is 11.5 Å². The van der Waals surface area contributed by atoms with Gasteiger partial charge >= 0.3 is 0 Å². The third-order valence-electron chi connectivity index (χ3n) is 3.47. The van der Waals surface area contributed by atoms with Crippen LogP contribution in [-0.4, -0.2) is 37.8 Å². The first-order valence-corrected chi connectivity index (χ1v) is 8.96. The molecule has 136 valence electrons. The summed E-state index contributed by atoms with van der Waals surface area (Å²) in [5, 5.41) is 7.74. The van der Waals surface area contributed by atoms with E-state index in [1.54, 1.807) is 24.5 Å². The second-order valence-electron chi connectivity index (χ2n) is 5.08. The fraction of sp³-hybridized carbons (Fsp3) is 0.188. The highest BCUT2D eigenvalue weighted by molar-refractivity contribution is 7.89. The molecule has 0 unspecified atom stereocenters. The van der Waals surface area contributed by atoms with Crippen molar-refractivity contribution in [3.05, 3.63) is 48.6 Å². The van der Waals surface area contributed by atoms with Crippen LogP contribution in [0.15, 0.2) is 52.0 Å². The van der Waals surface area contributed by atoms with E-state index in [0.29, 0.717) is 11.3 Å². The minimum absolute atomic E-state index is 0.0188. The lowest BCUT2D eigenvalue weighted by Crippen LogP contribution is -2.24. The molecule has 3 rings (SSSR count). The summed E-state index contributed by atoms with van der Waals surface area (Å²) in [6.07, 6.45) is 3.19. The molecule has 10 heteroatoms. The van der Waals surface area contributed by atoms with Gasteiger partial charge in [0.2, 0.25) is 21.8 Å². The number of hydrogen-bond acceptors (Lipinski definition) is 8. The third-order valence-corrected chi connectivity index (χ3v) is 4.91. The van der Waals surface area contributed by atoms with Gasteiger partial charge in [-0.05, 0) is 24.3 Å². The second-order valence-corrected chi connectivity index (χ2v) is 6.81. The molecule has 0 bridgehead atoms. The molecule has 1 aromatic carbocycles. The number of aromatic nitrogens is 3. The Bertz CT molecular complexity index is 989. The average Bonchev–Trinajstić information content (AvgIpc) is 3.16. The van der Waals surface area contributed by atoms with Gasteiger partial charge in [0, 0.05) is 24.0 Å². The van der Waals surface area contributed by atoms with Gasteiger partial charge in [0.25, 0.3) is 0 Å². The molecule has 0 spiro atoms. The fourth-order valence-electron chi connectivity index (χ4n) is 2.17. The Morgan fingerprint density at radius 1 is 1.08 bits per heavy atom. The third kappa shape index (κ3) is 3.81. The normalized spacial score (nSPS) is 11.3. The summed E-state index contributed by atoms with van der Waals surface area (Å²) in [4.78, 5) is 3.89. The van der Waals surface area contributed by atoms with Gasteiger partial charge in [-0.15, -0.1) is 10.2 Å². The molecule has 3 aromatic rings. The molecule has 0 aliphatic rings. The zero-order chi connectivity index (χ0) is 18.6. The van der Waals surface area contributed by atoms with Crippen LogP contribution >= 0.6 is 0 Å². The molecular formula is C16H16N4O5S. The maximum Gasteiger partial charge on any atom is 0.247 e. The largest absolute Gasteiger partial charge is 0.497 e. The van der Waals surface area contributed by atoms with E-state index in [0.717, 1.165) is 0 Å². The number of methoxy groups -OCH3 is 2. The molecule has 0 saturated heterocycles. The minimum Gasteiger partial charge on any atom is -0.497 e. The maximum absolute atomic E-state index is 12.5. The van der Waals surface area contributed by atoms with Crippen LogP contribution in [-0.2, 0) is 16.6 Å². The summed E-state index contributed by atoms with van der Waals surface area (Å²) in [6, 6.07) is 7.84. The van der Waals surface area contributed by atoms with Gasteiger partial charge in [0.1, 0.15) is 16.4 Å². The van der Waals surface area contributed by atoms with E-state index in [1.165, 1.54) is 32.4 Å². The summed E-state index contributed by atoms with van der Waals surface area (Å²) in [7, 11) is -0.985. The van der Waals surface area contributed by atoms with Crippen molar-refractivity contribution in [2.24, 2.45) is 0 Å². The lowest BCUT2D eigenvalue weighted by Gasteiger charge is -2.11. The van der Waals surface area contributed by atoms with Crippen LogP contribution < -0.4 is 14.2 Å². The van der Waals surface area contributed by atoms with Crippen LogP contribution in [0, 0.1) is 0 Å². The zero-order valence-corrected chi connectivity index (χ0v) is 14.9. The standard InChI is InChI=1S/C16H16N4O5S/c1-23-12-3-4-14(13(9-12)24-2)26(21,22)18-10-15-19-20-16(25-15)11-5-7-17-8-6-11/h3-9,18H,10H2,1-2H3. The van der Waals surface area contributed by atoms with Gasteiger partial charge in [-0.3, -0.25) is 4.98 Å². The molecule has 0 aliphatic heterocycles. The number of benzene rings is 1. The van der Waals surface area contributed by atoms with Gasteiger partial charge in [-0.1, -0.05) is 0 Å². The molecule has 26 heavy (non-hydrogen) atoms. The molecule has 0 aliphatic carbocycles. The molecule has 0 saturated carbocycles. The topological polar surface area (TPSA) is 116 Å². The molecule has 0 amide bonds. The number of pyridine rings is 1. The highest BCUT2D eigenvalue weighted by Gasteiger charge is 2.21. The number of hydrogen-bond donors (Lipinski definition) is 1. The van der Waals surface area contributed by atoms with Crippen molar-refractivity contribution in [2.75, 3.05) is 14.2 Å². The van der Waals surface area contributed by atoms with Crippen LogP contribution in [0.4, 0.5) is 0 Å². The van der Waals surface area contributed by atoms with E-state index in [2.05, 4.69) is 19.9 Å². The molecular weight excluding hydrogens is 360 g/mol. The first kappa shape index (κ1) is 17.8. The Morgan fingerprint density at radius 3 is 2.54 bits per heavy atom. The van der Waals surface area contributed by atoms with Crippen molar-refractivity contribution in [1.29, 1.82) is 0 Å². The van der Waals surface area contributed by atoms with Crippen LogP contribution in [0.3, 0.4) is 0 Å². The SMILES string of the molecule is COc1ccc(S(=O)(=O)NCc2nnc(-c3ccncc3)o2)c(OC)c1. The Morgan fingerprint density at radius 2 is 1.85 bits per heavy atom. The van der Waals surface area contributed by atoms with Crippen LogP contribution in [0.2, 0.25) is 0 Å². The minimum atomic E-state index is -3.85. The van der Waals surface area contributed by atoms with Crippen molar-refractivity contribution >= 4 is 10.0 Å². The number of sulfonamides is 1. The Kier molecular flexibility index (Phi) is 5.14. The Balaban J connectivity index is 1.76. The van der Waals surface area contributed by atoms with Crippen molar-refractivity contribution in [2.45, 2.75) is 11.4 Å². The fourth-order valence-corrected chi connectivity index (χ4v) is 3.29. The maximum atomic E-state index is 12.5. The highest BCUT2D eigenvalue weighted by Crippen LogP contribution is 2.28. The first-order valence-electron chi connectivity index (χ1n) is 7.48. The number of ether oxygens (including phenoxy) is 2. The molecule has 0 atom stereocenters. The first-order chi connectivity index (χ1) is 12.5. The summed E-state index contributed by atoms with van der Waals surface area (Å²) in [5.74, 6) is 1.07. The highest BCUT2D eigenvalue weighted by atomic mass is 32.2. The van der Waals surface area contributed by atoms with Crippen molar-refractivity contribution < 1.29 is 22.3 Å². The van der Waals surface area contributed by atoms with Gasteiger partial charge < -0.3 is 13.9 Å². The molecule has 2 heterocycles. The van der Waals surface area contributed by atoms with Gasteiger partial charge in [-0.2, -0.15) is 0 Å². The van der Waals surface area contributed by atoms with E-state index >= 15 is 0 Å². The van der Waals surface area contributed by atoms with Gasteiger partial charge in [0.15, 0.2) is 0 Å². The van der Waals surface area contributed by atoms with E-state index in [-0.39, 0.29) is 29.0 Å². The van der Waals surface area contributed by atoms with Crippen LogP contribution in [0.1, 0.15) is 5.89 Å². The Labute approximate surface area is 150 Å². The summed E-state index contributed by atoms with van der Waals surface area (Å²) < 4.78 is 43.1. The monoisotopic (exact) mass is 376 g/mol. The van der Waals surface area contributed by atoms with E-state index in [4.69, 9.17) is 13.9 Å². The van der Waals surface area contributed by atoms with Crippen molar-refractivity contribution in [1.82, 2.24) is 19.9 Å². The number of nitrogens with zero attached hydrogens (tertiary/aromatic N) is 3. The second kappa shape index (κ2) is 7.50. The van der Waals surface area contributed by atoms with Crippen LogP contribution in [0.25, 0.3) is 11.5 Å². The van der Waals surface area contributed by atoms with Crippen molar-refractivity contribution in [3.63, 3.8) is 0 Å². The lowest BCUT2D eigenvalue weighted by atomic mass is 10.3. The zero-order valence-electron chi connectivity index (χ0n) is 14.0.